The highest BCUT2D eigenvalue weighted by Crippen LogP contribution is 2.29. The molecule has 0 spiro atoms. The Labute approximate surface area is 130 Å². The summed E-state index contributed by atoms with van der Waals surface area (Å²) in [6.45, 7) is 3.98. The van der Waals surface area contributed by atoms with Crippen LogP contribution in [0.4, 0.5) is 0 Å². The van der Waals surface area contributed by atoms with Crippen LogP contribution in [-0.4, -0.2) is 29.9 Å². The van der Waals surface area contributed by atoms with Crippen LogP contribution in [0.3, 0.4) is 0 Å². The van der Waals surface area contributed by atoms with Crippen molar-refractivity contribution < 1.29 is 4.79 Å². The molecule has 1 N–H and O–H groups in total. The van der Waals surface area contributed by atoms with E-state index in [4.69, 9.17) is 23.2 Å². The van der Waals surface area contributed by atoms with Crippen LogP contribution >= 0.6 is 23.2 Å². The van der Waals surface area contributed by atoms with E-state index in [-0.39, 0.29) is 5.91 Å². The molecular weight excluding hydrogens is 295 g/mol. The highest BCUT2D eigenvalue weighted by molar-refractivity contribution is 6.42. The molecule has 2 rings (SSSR count). The predicted octanol–water partition coefficient (Wildman–Crippen LogP) is 3.48. The van der Waals surface area contributed by atoms with E-state index >= 15 is 0 Å². The Morgan fingerprint density at radius 3 is 2.70 bits per heavy atom. The average molecular weight is 315 g/mol. The summed E-state index contributed by atoms with van der Waals surface area (Å²) in [5, 5.41) is 4.05. The zero-order valence-electron chi connectivity index (χ0n) is 11.7. The molecule has 20 heavy (non-hydrogen) atoms. The van der Waals surface area contributed by atoms with E-state index in [1.54, 1.807) is 6.07 Å². The van der Waals surface area contributed by atoms with E-state index in [2.05, 4.69) is 17.1 Å². The number of hydrogen-bond donors (Lipinski definition) is 1. The Balaban J connectivity index is 1.95. The molecule has 0 unspecified atom stereocenters. The van der Waals surface area contributed by atoms with Crippen molar-refractivity contribution in [1.82, 2.24) is 10.2 Å². The van der Waals surface area contributed by atoms with Gasteiger partial charge in [0.1, 0.15) is 0 Å². The molecule has 1 fully saturated rings. The number of amides is 1. The Kier molecular flexibility index (Phi) is 5.70. The predicted molar refractivity (Wildman–Crippen MR) is 83.2 cm³/mol. The molecule has 0 radical (unpaired) electrons. The smallest absolute Gasteiger partial charge is 0.234 e. The standard InChI is InChI=1S/C15H20Cl2N2O/c1-2-7-18-15(20)10-19(12-4-5-12)9-11-3-6-13(16)14(17)8-11/h3,6,8,12H,2,4-5,7,9-10H2,1H3,(H,18,20). The number of carbonyl (C=O) groups excluding carboxylic acids is 1. The summed E-state index contributed by atoms with van der Waals surface area (Å²) < 4.78 is 0. The lowest BCUT2D eigenvalue weighted by Crippen LogP contribution is -2.38. The summed E-state index contributed by atoms with van der Waals surface area (Å²) in [5.41, 5.74) is 1.09. The molecule has 0 saturated heterocycles. The summed E-state index contributed by atoms with van der Waals surface area (Å²) in [5.74, 6) is 0.0961. The lowest BCUT2D eigenvalue weighted by atomic mass is 10.2. The lowest BCUT2D eigenvalue weighted by molar-refractivity contribution is -0.122. The van der Waals surface area contributed by atoms with E-state index in [1.807, 2.05) is 12.1 Å². The van der Waals surface area contributed by atoms with Gasteiger partial charge in [-0.15, -0.1) is 0 Å². The highest BCUT2D eigenvalue weighted by Gasteiger charge is 2.30. The van der Waals surface area contributed by atoms with Crippen LogP contribution in [0.1, 0.15) is 31.7 Å². The van der Waals surface area contributed by atoms with Crippen molar-refractivity contribution in [3.05, 3.63) is 33.8 Å². The van der Waals surface area contributed by atoms with Gasteiger partial charge >= 0.3 is 0 Å². The molecule has 1 aromatic carbocycles. The van der Waals surface area contributed by atoms with E-state index in [0.29, 0.717) is 22.6 Å². The second kappa shape index (κ2) is 7.30. The minimum atomic E-state index is 0.0961. The number of hydrogen-bond acceptors (Lipinski definition) is 2. The van der Waals surface area contributed by atoms with Crippen molar-refractivity contribution in [2.75, 3.05) is 13.1 Å². The number of halogens is 2. The highest BCUT2D eigenvalue weighted by atomic mass is 35.5. The first kappa shape index (κ1) is 15.6. The van der Waals surface area contributed by atoms with Gasteiger partial charge in [-0.1, -0.05) is 36.2 Å². The molecular formula is C15H20Cl2N2O. The summed E-state index contributed by atoms with van der Waals surface area (Å²) in [7, 11) is 0. The van der Waals surface area contributed by atoms with Gasteiger partial charge in [0.15, 0.2) is 0 Å². The van der Waals surface area contributed by atoms with Crippen LogP contribution in [-0.2, 0) is 11.3 Å². The monoisotopic (exact) mass is 314 g/mol. The number of carbonyl (C=O) groups is 1. The quantitative estimate of drug-likeness (QED) is 0.835. The lowest BCUT2D eigenvalue weighted by Gasteiger charge is -2.21. The van der Waals surface area contributed by atoms with Crippen molar-refractivity contribution in [3.63, 3.8) is 0 Å². The van der Waals surface area contributed by atoms with Crippen LogP contribution in [0.5, 0.6) is 0 Å². The molecule has 0 bridgehead atoms. The summed E-state index contributed by atoms with van der Waals surface area (Å²) >= 11 is 12.0. The van der Waals surface area contributed by atoms with Crippen LogP contribution in [0.25, 0.3) is 0 Å². The average Bonchev–Trinajstić information content (AvgIpc) is 3.24. The van der Waals surface area contributed by atoms with Crippen LogP contribution in [0, 0.1) is 0 Å². The second-order valence-electron chi connectivity index (χ2n) is 5.23. The Hall–Kier alpha value is -0.770. The fourth-order valence-corrected chi connectivity index (χ4v) is 2.45. The minimum absolute atomic E-state index is 0.0961. The Morgan fingerprint density at radius 2 is 2.10 bits per heavy atom. The van der Waals surface area contributed by atoms with Crippen LogP contribution < -0.4 is 5.32 Å². The Morgan fingerprint density at radius 1 is 1.35 bits per heavy atom. The van der Waals surface area contributed by atoms with Crippen molar-refractivity contribution in [2.45, 2.75) is 38.8 Å². The maximum Gasteiger partial charge on any atom is 0.234 e. The first-order valence-electron chi connectivity index (χ1n) is 7.05. The summed E-state index contributed by atoms with van der Waals surface area (Å²) in [6.07, 6.45) is 3.30. The third-order valence-corrected chi connectivity index (χ3v) is 4.09. The fraction of sp³-hybridized carbons (Fsp3) is 0.533. The van der Waals surface area contributed by atoms with Gasteiger partial charge in [-0.3, -0.25) is 9.69 Å². The zero-order chi connectivity index (χ0) is 14.5. The van der Waals surface area contributed by atoms with Gasteiger partial charge in [0.2, 0.25) is 5.91 Å². The molecule has 5 heteroatoms. The maximum atomic E-state index is 11.9. The van der Waals surface area contributed by atoms with Gasteiger partial charge in [-0.05, 0) is 37.0 Å². The number of nitrogens with one attached hydrogen (secondary N) is 1. The molecule has 1 saturated carbocycles. The van der Waals surface area contributed by atoms with Gasteiger partial charge in [-0.25, -0.2) is 0 Å². The minimum Gasteiger partial charge on any atom is -0.355 e. The molecule has 1 aromatic rings. The fourth-order valence-electron chi connectivity index (χ4n) is 2.13. The number of rotatable bonds is 7. The van der Waals surface area contributed by atoms with Gasteiger partial charge in [0.05, 0.1) is 16.6 Å². The molecule has 3 nitrogen and oxygen atoms in total. The molecule has 1 aliphatic carbocycles. The van der Waals surface area contributed by atoms with Crippen molar-refractivity contribution in [3.8, 4) is 0 Å². The van der Waals surface area contributed by atoms with E-state index in [1.165, 1.54) is 12.8 Å². The third kappa shape index (κ3) is 4.65. The van der Waals surface area contributed by atoms with E-state index in [0.717, 1.165) is 25.1 Å². The zero-order valence-corrected chi connectivity index (χ0v) is 13.2. The SMILES string of the molecule is CCCNC(=O)CN(Cc1ccc(Cl)c(Cl)c1)C1CC1. The first-order valence-corrected chi connectivity index (χ1v) is 7.80. The van der Waals surface area contributed by atoms with Crippen molar-refractivity contribution in [2.24, 2.45) is 0 Å². The number of benzene rings is 1. The van der Waals surface area contributed by atoms with Crippen LogP contribution in [0.2, 0.25) is 10.0 Å². The summed E-state index contributed by atoms with van der Waals surface area (Å²) in [6, 6.07) is 6.18. The van der Waals surface area contributed by atoms with E-state index in [9.17, 15) is 4.79 Å². The normalized spacial score (nSPS) is 14.6. The van der Waals surface area contributed by atoms with Gasteiger partial charge in [0.25, 0.3) is 0 Å². The Bertz CT molecular complexity index is 475. The topological polar surface area (TPSA) is 32.3 Å². The molecule has 0 heterocycles. The van der Waals surface area contributed by atoms with Crippen molar-refractivity contribution >= 4 is 29.1 Å². The first-order chi connectivity index (χ1) is 9.60. The third-order valence-electron chi connectivity index (χ3n) is 3.35. The largest absolute Gasteiger partial charge is 0.355 e. The maximum absolute atomic E-state index is 11.9. The van der Waals surface area contributed by atoms with Gasteiger partial charge in [-0.2, -0.15) is 0 Å². The van der Waals surface area contributed by atoms with Gasteiger partial charge in [0, 0.05) is 19.1 Å². The molecule has 0 atom stereocenters. The molecule has 0 aromatic heterocycles. The van der Waals surface area contributed by atoms with Gasteiger partial charge < -0.3 is 5.32 Å². The molecule has 0 aliphatic heterocycles. The molecule has 1 amide bonds. The number of nitrogens with zero attached hydrogens (tertiary/aromatic N) is 1. The molecule has 110 valence electrons. The van der Waals surface area contributed by atoms with Crippen LogP contribution in [0.15, 0.2) is 18.2 Å². The van der Waals surface area contributed by atoms with Crippen molar-refractivity contribution in [1.29, 1.82) is 0 Å². The molecule has 1 aliphatic rings. The second-order valence-corrected chi connectivity index (χ2v) is 6.05. The summed E-state index contributed by atoms with van der Waals surface area (Å²) in [4.78, 5) is 14.1. The van der Waals surface area contributed by atoms with E-state index < -0.39 is 0 Å².